The zero-order valence-electron chi connectivity index (χ0n) is 19.5. The van der Waals surface area contributed by atoms with Gasteiger partial charge < -0.3 is 9.88 Å². The van der Waals surface area contributed by atoms with E-state index in [1.807, 2.05) is 12.1 Å². The van der Waals surface area contributed by atoms with Crippen molar-refractivity contribution in [1.82, 2.24) is 14.2 Å². The van der Waals surface area contributed by atoms with Crippen LogP contribution in [-0.4, -0.2) is 60.5 Å². The Morgan fingerprint density at radius 1 is 1.00 bits per heavy atom. The van der Waals surface area contributed by atoms with Crippen LogP contribution in [0.5, 0.6) is 0 Å². The van der Waals surface area contributed by atoms with E-state index in [-0.39, 0.29) is 29.7 Å². The third kappa shape index (κ3) is 3.95. The van der Waals surface area contributed by atoms with Crippen molar-refractivity contribution in [2.45, 2.75) is 38.0 Å². The maximum atomic E-state index is 13.4. The molecule has 2 aromatic carbocycles. The van der Waals surface area contributed by atoms with Gasteiger partial charge in [0.15, 0.2) is 5.78 Å². The maximum absolute atomic E-state index is 13.4. The largest absolute Gasteiger partial charge is 0.358 e. The molecule has 1 atom stereocenters. The van der Waals surface area contributed by atoms with Crippen LogP contribution >= 0.6 is 0 Å². The fourth-order valence-corrected chi connectivity index (χ4v) is 6.53. The van der Waals surface area contributed by atoms with Crippen LogP contribution in [0, 0.1) is 5.92 Å². The number of H-pyrrole nitrogens is 1. The van der Waals surface area contributed by atoms with Gasteiger partial charge >= 0.3 is 0 Å². The van der Waals surface area contributed by atoms with Crippen molar-refractivity contribution in [3.63, 3.8) is 0 Å². The Bertz CT molecular complexity index is 1370. The molecular formula is C26H29N3O4S. The third-order valence-electron chi connectivity index (χ3n) is 7.12. The quantitative estimate of drug-likeness (QED) is 0.579. The van der Waals surface area contributed by atoms with Crippen molar-refractivity contribution in [1.29, 1.82) is 0 Å². The highest BCUT2D eigenvalue weighted by molar-refractivity contribution is 7.89. The maximum Gasteiger partial charge on any atom is 0.256 e. The van der Waals surface area contributed by atoms with Crippen LogP contribution in [0.2, 0.25) is 0 Å². The molecule has 7 nitrogen and oxygen atoms in total. The molecular weight excluding hydrogens is 450 g/mol. The average Bonchev–Trinajstić information content (AvgIpc) is 3.21. The Balaban J connectivity index is 1.33. The summed E-state index contributed by atoms with van der Waals surface area (Å²) in [7, 11) is -3.68. The van der Waals surface area contributed by atoms with Gasteiger partial charge in [-0.15, -0.1) is 0 Å². The summed E-state index contributed by atoms with van der Waals surface area (Å²) < 4.78 is 27.5. The van der Waals surface area contributed by atoms with Crippen LogP contribution in [0.3, 0.4) is 0 Å². The molecule has 2 heterocycles. The molecule has 34 heavy (non-hydrogen) atoms. The van der Waals surface area contributed by atoms with Crippen molar-refractivity contribution >= 4 is 32.6 Å². The van der Waals surface area contributed by atoms with Crippen molar-refractivity contribution in [3.05, 3.63) is 64.8 Å². The fourth-order valence-electron chi connectivity index (χ4n) is 5.11. The summed E-state index contributed by atoms with van der Waals surface area (Å²) in [6.07, 6.45) is 3.18. The molecule has 3 aromatic rings. The molecule has 1 N–H and O–H groups in total. The smallest absolute Gasteiger partial charge is 0.256 e. The number of nitrogens with one attached hydrogen (secondary N) is 1. The number of piperazine rings is 1. The lowest BCUT2D eigenvalue weighted by Gasteiger charge is -2.34. The predicted octanol–water partition coefficient (Wildman–Crippen LogP) is 3.64. The van der Waals surface area contributed by atoms with E-state index < -0.39 is 10.0 Å². The first-order valence-electron chi connectivity index (χ1n) is 11.8. The summed E-state index contributed by atoms with van der Waals surface area (Å²) in [5.41, 5.74) is 4.59. The summed E-state index contributed by atoms with van der Waals surface area (Å²) >= 11 is 0. The van der Waals surface area contributed by atoms with Crippen LogP contribution < -0.4 is 0 Å². The second-order valence-corrected chi connectivity index (χ2v) is 11.4. The molecule has 1 unspecified atom stereocenters. The van der Waals surface area contributed by atoms with Gasteiger partial charge in [-0.2, -0.15) is 4.31 Å². The molecule has 0 radical (unpaired) electrons. The van der Waals surface area contributed by atoms with Crippen molar-refractivity contribution in [2.24, 2.45) is 5.92 Å². The van der Waals surface area contributed by atoms with Crippen LogP contribution in [-0.2, 0) is 22.9 Å². The van der Waals surface area contributed by atoms with E-state index in [0.29, 0.717) is 30.1 Å². The summed E-state index contributed by atoms with van der Waals surface area (Å²) in [6, 6.07) is 11.9. The summed E-state index contributed by atoms with van der Waals surface area (Å²) in [5, 5.41) is 1.13. The topological polar surface area (TPSA) is 90.6 Å². The summed E-state index contributed by atoms with van der Waals surface area (Å²) in [5.74, 6) is 0.461. The van der Waals surface area contributed by atoms with Gasteiger partial charge in [0.05, 0.1) is 16.0 Å². The van der Waals surface area contributed by atoms with Crippen LogP contribution in [0.15, 0.2) is 47.4 Å². The minimum atomic E-state index is -3.68. The van der Waals surface area contributed by atoms with Crippen molar-refractivity contribution < 1.29 is 18.0 Å². The first-order chi connectivity index (χ1) is 16.3. The Hall–Kier alpha value is -2.97. The number of ketones is 1. The monoisotopic (exact) mass is 479 g/mol. The van der Waals surface area contributed by atoms with Gasteiger partial charge in [-0.05, 0) is 55.9 Å². The highest BCUT2D eigenvalue weighted by Crippen LogP contribution is 2.33. The number of nitrogens with zero attached hydrogens (tertiary/aromatic N) is 2. The van der Waals surface area contributed by atoms with Crippen molar-refractivity contribution in [3.8, 4) is 0 Å². The first kappa shape index (κ1) is 22.8. The number of aromatic amines is 1. The SMILES string of the molecule is CC(=O)c1ccc(S(=O)(=O)N2CCN(C(=O)c3cccc4c5c([nH]c34)CCC(C)C5)CC2)cc1. The fraction of sp³-hybridized carbons (Fsp3) is 0.385. The van der Waals surface area contributed by atoms with Gasteiger partial charge in [-0.25, -0.2) is 8.42 Å². The van der Waals surface area contributed by atoms with E-state index in [9.17, 15) is 18.0 Å². The van der Waals surface area contributed by atoms with Crippen molar-refractivity contribution in [2.75, 3.05) is 26.2 Å². The van der Waals surface area contributed by atoms with E-state index >= 15 is 0 Å². The van der Waals surface area contributed by atoms with Crippen LogP contribution in [0.4, 0.5) is 0 Å². The number of fused-ring (bicyclic) bond motifs is 3. The summed E-state index contributed by atoms with van der Waals surface area (Å²) in [4.78, 5) is 30.3. The molecule has 2 aliphatic rings. The molecule has 5 rings (SSSR count). The Morgan fingerprint density at radius 2 is 1.71 bits per heavy atom. The molecule has 1 aliphatic carbocycles. The minimum Gasteiger partial charge on any atom is -0.358 e. The average molecular weight is 480 g/mol. The number of Topliss-reactive ketones (excluding diaryl/α,β-unsaturated/α-hetero) is 1. The number of amides is 1. The van der Waals surface area contributed by atoms with E-state index in [2.05, 4.69) is 18.0 Å². The van der Waals surface area contributed by atoms with Gasteiger partial charge in [-0.3, -0.25) is 9.59 Å². The lowest BCUT2D eigenvalue weighted by atomic mass is 9.87. The van der Waals surface area contributed by atoms with E-state index in [1.54, 1.807) is 4.90 Å². The number of carbonyl (C=O) groups is 2. The second kappa shape index (κ2) is 8.67. The number of aryl methyl sites for hydroxylation is 1. The van der Waals surface area contributed by atoms with Gasteiger partial charge in [0.25, 0.3) is 5.91 Å². The molecule has 1 amide bonds. The first-order valence-corrected chi connectivity index (χ1v) is 13.2. The zero-order chi connectivity index (χ0) is 24.0. The lowest BCUT2D eigenvalue weighted by Crippen LogP contribution is -2.50. The van der Waals surface area contributed by atoms with E-state index in [0.717, 1.165) is 30.2 Å². The van der Waals surface area contributed by atoms with Gasteiger partial charge in [-0.1, -0.05) is 31.2 Å². The van der Waals surface area contributed by atoms with Gasteiger partial charge in [0.2, 0.25) is 10.0 Å². The molecule has 1 fully saturated rings. The van der Waals surface area contributed by atoms with E-state index in [1.165, 1.54) is 46.8 Å². The number of hydrogen-bond acceptors (Lipinski definition) is 4. The number of sulfonamides is 1. The normalized spacial score (nSPS) is 19.2. The standard InChI is InChI=1S/C26H29N3O4S/c1-17-6-11-24-23(16-17)21-4-3-5-22(25(21)27-24)26(31)28-12-14-29(15-13-28)34(32,33)20-9-7-19(8-10-20)18(2)30/h3-5,7-10,17,27H,6,11-16H2,1-2H3. The van der Waals surface area contributed by atoms with E-state index in [4.69, 9.17) is 0 Å². The second-order valence-electron chi connectivity index (χ2n) is 9.44. The number of benzene rings is 2. The zero-order valence-corrected chi connectivity index (χ0v) is 20.3. The number of para-hydroxylation sites is 1. The number of hydrogen-bond donors (Lipinski definition) is 1. The van der Waals surface area contributed by atoms with Crippen LogP contribution in [0.25, 0.3) is 10.9 Å². The highest BCUT2D eigenvalue weighted by atomic mass is 32.2. The number of rotatable bonds is 4. The predicted molar refractivity (Wildman–Crippen MR) is 131 cm³/mol. The molecule has 1 aliphatic heterocycles. The third-order valence-corrected chi connectivity index (χ3v) is 9.04. The van der Waals surface area contributed by atoms with Gasteiger partial charge in [0, 0.05) is 42.8 Å². The Kier molecular flexibility index (Phi) is 5.81. The number of aromatic nitrogens is 1. The molecule has 0 bridgehead atoms. The molecule has 1 saturated heterocycles. The highest BCUT2D eigenvalue weighted by Gasteiger charge is 2.31. The minimum absolute atomic E-state index is 0.0693. The molecule has 178 valence electrons. The van der Waals surface area contributed by atoms with Crippen LogP contribution in [0.1, 0.15) is 52.2 Å². The van der Waals surface area contributed by atoms with Gasteiger partial charge in [0.1, 0.15) is 0 Å². The summed E-state index contributed by atoms with van der Waals surface area (Å²) in [6.45, 7) is 4.84. The number of carbonyl (C=O) groups excluding carboxylic acids is 2. The Labute approximate surface area is 199 Å². The molecule has 8 heteroatoms. The molecule has 0 saturated carbocycles. The lowest BCUT2D eigenvalue weighted by molar-refractivity contribution is 0.0699. The Morgan fingerprint density at radius 3 is 2.38 bits per heavy atom. The molecule has 1 aromatic heterocycles. The molecule has 0 spiro atoms.